The van der Waals surface area contributed by atoms with Gasteiger partial charge in [-0.3, -0.25) is 4.79 Å². The van der Waals surface area contributed by atoms with Gasteiger partial charge in [-0.15, -0.1) is 18.3 Å². The Balaban J connectivity index is 1.15. The second kappa shape index (κ2) is 11.5. The molecule has 2 aromatic heterocycles. The topological polar surface area (TPSA) is 123 Å². The van der Waals surface area contributed by atoms with E-state index in [2.05, 4.69) is 40.4 Å². The van der Waals surface area contributed by atoms with Gasteiger partial charge in [0.1, 0.15) is 18.2 Å². The van der Waals surface area contributed by atoms with E-state index in [1.807, 2.05) is 14.0 Å². The molecule has 1 atom stereocenters. The van der Waals surface area contributed by atoms with Crippen LogP contribution in [0.15, 0.2) is 55.1 Å². The number of carbonyl (C=O) groups excluding carboxylic acids is 1. The van der Waals surface area contributed by atoms with Crippen molar-refractivity contribution in [1.82, 2.24) is 40.0 Å². The van der Waals surface area contributed by atoms with E-state index >= 15 is 0 Å². The lowest BCUT2D eigenvalue weighted by atomic mass is 9.73. The molecule has 4 heterocycles. The first kappa shape index (κ1) is 29.6. The minimum atomic E-state index is -4.97. The number of alkyl halides is 3. The molecule has 12 nitrogen and oxygen atoms in total. The summed E-state index contributed by atoms with van der Waals surface area (Å²) >= 11 is 6.34. The number of carbonyl (C=O) groups is 1. The zero-order valence-corrected chi connectivity index (χ0v) is 24.4. The SMILES string of the molecule is CC(Cn1cnnn1)Oc1cc(-c2cnc(Nc3ccc(C(=O)N4CC5(CN(C)C5)C4)cc3OC(F)(F)F)nc2)ccc1Cl. The number of aromatic nitrogens is 6. The fraction of sp³-hybridized carbons (Fsp3) is 0.357. The molecule has 4 aromatic rings. The van der Waals surface area contributed by atoms with Crippen molar-refractivity contribution >= 4 is 29.1 Å². The summed E-state index contributed by atoms with van der Waals surface area (Å²) in [6.45, 7) is 5.20. The number of nitrogens with zero attached hydrogens (tertiary/aromatic N) is 8. The number of halogens is 4. The van der Waals surface area contributed by atoms with Gasteiger partial charge in [-0.05, 0) is 60.3 Å². The Kier molecular flexibility index (Phi) is 7.75. The summed E-state index contributed by atoms with van der Waals surface area (Å²) < 4.78 is 51.6. The zero-order chi connectivity index (χ0) is 31.1. The van der Waals surface area contributed by atoms with Crippen LogP contribution in [0, 0.1) is 5.41 Å². The number of hydrogen-bond acceptors (Lipinski definition) is 10. The van der Waals surface area contributed by atoms with Crippen LogP contribution in [0.3, 0.4) is 0 Å². The number of amides is 1. The lowest BCUT2D eigenvalue weighted by Gasteiger charge is -2.59. The van der Waals surface area contributed by atoms with Crippen molar-refractivity contribution in [2.75, 3.05) is 38.5 Å². The number of tetrazole rings is 1. The largest absolute Gasteiger partial charge is 0.573 e. The van der Waals surface area contributed by atoms with E-state index in [1.165, 1.54) is 35.5 Å². The predicted octanol–water partition coefficient (Wildman–Crippen LogP) is 4.28. The molecule has 2 aliphatic rings. The van der Waals surface area contributed by atoms with Crippen LogP contribution < -0.4 is 14.8 Å². The standard InChI is InChI=1S/C28H27ClF3N9O3/c1-17(11-41-16-35-37-38-41)43-23-7-18(3-5-21(23)29)20-9-33-26(34-10-20)36-22-6-4-19(8-24(22)44-28(30,31)32)25(42)40-14-27(15-40)12-39(2)13-27/h3-10,16-17H,11-15H2,1-2H3,(H,33,34,36). The van der Waals surface area contributed by atoms with Gasteiger partial charge in [-0.1, -0.05) is 17.7 Å². The number of rotatable bonds is 9. The summed E-state index contributed by atoms with van der Waals surface area (Å²) in [4.78, 5) is 25.3. The van der Waals surface area contributed by atoms with Crippen molar-refractivity contribution in [1.29, 1.82) is 0 Å². The summed E-state index contributed by atoms with van der Waals surface area (Å²) in [7, 11) is 2.01. The molecule has 44 heavy (non-hydrogen) atoms. The highest BCUT2D eigenvalue weighted by Crippen LogP contribution is 2.40. The number of benzene rings is 2. The van der Waals surface area contributed by atoms with Gasteiger partial charge in [0.15, 0.2) is 5.75 Å². The molecule has 0 saturated carbocycles. The van der Waals surface area contributed by atoms with E-state index in [0.717, 1.165) is 19.2 Å². The van der Waals surface area contributed by atoms with Gasteiger partial charge in [0.2, 0.25) is 5.95 Å². The van der Waals surface area contributed by atoms with Crippen molar-refractivity contribution in [2.24, 2.45) is 5.41 Å². The van der Waals surface area contributed by atoms with Crippen LogP contribution in [0.25, 0.3) is 11.1 Å². The first-order chi connectivity index (χ1) is 21.0. The van der Waals surface area contributed by atoms with E-state index in [-0.39, 0.29) is 34.6 Å². The molecule has 2 saturated heterocycles. The van der Waals surface area contributed by atoms with Gasteiger partial charge in [0, 0.05) is 55.1 Å². The molecule has 0 bridgehead atoms. The molecule has 2 aliphatic heterocycles. The van der Waals surface area contributed by atoms with E-state index in [9.17, 15) is 18.0 Å². The fourth-order valence-corrected chi connectivity index (χ4v) is 5.74. The number of anilines is 2. The number of nitrogens with one attached hydrogen (secondary N) is 1. The first-order valence-corrected chi connectivity index (χ1v) is 14.0. The van der Waals surface area contributed by atoms with Crippen LogP contribution in [0.5, 0.6) is 11.5 Å². The first-order valence-electron chi connectivity index (χ1n) is 13.6. The van der Waals surface area contributed by atoms with Crippen LogP contribution in [-0.2, 0) is 6.54 Å². The van der Waals surface area contributed by atoms with Gasteiger partial charge in [-0.2, -0.15) is 0 Å². The maximum absolute atomic E-state index is 13.3. The quantitative estimate of drug-likeness (QED) is 0.287. The van der Waals surface area contributed by atoms with Crippen molar-refractivity contribution in [3.63, 3.8) is 0 Å². The lowest BCUT2D eigenvalue weighted by Crippen LogP contribution is -2.72. The van der Waals surface area contributed by atoms with Crippen molar-refractivity contribution in [3.05, 3.63) is 65.7 Å². The normalized spacial score (nSPS) is 16.6. The maximum Gasteiger partial charge on any atom is 0.573 e. The molecule has 0 aliphatic carbocycles. The average Bonchev–Trinajstić information content (AvgIpc) is 3.44. The van der Waals surface area contributed by atoms with E-state index < -0.39 is 12.1 Å². The van der Waals surface area contributed by atoms with Crippen molar-refractivity contribution in [3.8, 4) is 22.6 Å². The molecular formula is C28H27ClF3N9O3. The molecular weight excluding hydrogens is 603 g/mol. The highest BCUT2D eigenvalue weighted by atomic mass is 35.5. The fourth-order valence-electron chi connectivity index (χ4n) is 5.57. The molecule has 6 rings (SSSR count). The Morgan fingerprint density at radius 3 is 2.48 bits per heavy atom. The number of hydrogen-bond donors (Lipinski definition) is 1. The summed E-state index contributed by atoms with van der Waals surface area (Å²) in [6, 6.07) is 9.06. The highest BCUT2D eigenvalue weighted by molar-refractivity contribution is 6.32. The third kappa shape index (κ3) is 6.53. The van der Waals surface area contributed by atoms with E-state index in [0.29, 0.717) is 41.5 Å². The Bertz CT molecular complexity index is 1640. The summed E-state index contributed by atoms with van der Waals surface area (Å²) in [5.41, 5.74) is 1.46. The maximum atomic E-state index is 13.3. The summed E-state index contributed by atoms with van der Waals surface area (Å²) in [6.07, 6.45) is -0.777. The van der Waals surface area contributed by atoms with Crippen molar-refractivity contribution in [2.45, 2.75) is 25.9 Å². The molecule has 1 unspecified atom stereocenters. The average molecular weight is 630 g/mol. The molecule has 2 aromatic carbocycles. The van der Waals surface area contributed by atoms with Gasteiger partial charge in [-0.25, -0.2) is 14.6 Å². The van der Waals surface area contributed by atoms with Crippen LogP contribution in [-0.4, -0.2) is 91.6 Å². The number of ether oxygens (including phenoxy) is 2. The van der Waals surface area contributed by atoms with E-state index in [4.69, 9.17) is 16.3 Å². The lowest BCUT2D eigenvalue weighted by molar-refractivity contribution is -0.274. The Labute approximate surface area is 254 Å². The van der Waals surface area contributed by atoms with Crippen LogP contribution in [0.2, 0.25) is 5.02 Å². The molecule has 1 spiro atoms. The second-order valence-corrected chi connectivity index (χ2v) is 11.5. The zero-order valence-electron chi connectivity index (χ0n) is 23.6. The Morgan fingerprint density at radius 1 is 1.07 bits per heavy atom. The summed E-state index contributed by atoms with van der Waals surface area (Å²) in [5.74, 6) is -0.450. The second-order valence-electron chi connectivity index (χ2n) is 11.1. The van der Waals surface area contributed by atoms with Crippen LogP contribution in [0.4, 0.5) is 24.8 Å². The van der Waals surface area contributed by atoms with Gasteiger partial charge in [0.05, 0.1) is 17.3 Å². The third-order valence-electron chi connectivity index (χ3n) is 7.33. The van der Waals surface area contributed by atoms with E-state index in [1.54, 1.807) is 23.1 Å². The molecule has 1 amide bonds. The Hall–Kier alpha value is -4.50. The van der Waals surface area contributed by atoms with Crippen molar-refractivity contribution < 1.29 is 27.4 Å². The van der Waals surface area contributed by atoms with Crippen LogP contribution >= 0.6 is 11.6 Å². The molecule has 1 N–H and O–H groups in total. The minimum Gasteiger partial charge on any atom is -0.487 e. The van der Waals surface area contributed by atoms with Gasteiger partial charge in [0.25, 0.3) is 5.91 Å². The smallest absolute Gasteiger partial charge is 0.487 e. The van der Waals surface area contributed by atoms with Crippen LogP contribution in [0.1, 0.15) is 17.3 Å². The molecule has 16 heteroatoms. The highest BCUT2D eigenvalue weighted by Gasteiger charge is 2.52. The monoisotopic (exact) mass is 629 g/mol. The third-order valence-corrected chi connectivity index (χ3v) is 7.64. The number of likely N-dealkylation sites (tertiary alicyclic amines) is 2. The summed E-state index contributed by atoms with van der Waals surface area (Å²) in [5, 5.41) is 14.2. The Morgan fingerprint density at radius 2 is 1.82 bits per heavy atom. The predicted molar refractivity (Wildman–Crippen MR) is 153 cm³/mol. The minimum absolute atomic E-state index is 0.0270. The van der Waals surface area contributed by atoms with Gasteiger partial charge < -0.3 is 24.6 Å². The molecule has 0 radical (unpaired) electrons. The van der Waals surface area contributed by atoms with Gasteiger partial charge >= 0.3 is 6.36 Å². The molecule has 230 valence electrons. The molecule has 2 fully saturated rings.